The summed E-state index contributed by atoms with van der Waals surface area (Å²) in [6.45, 7) is 4.74. The lowest BCUT2D eigenvalue weighted by Crippen LogP contribution is -2.52. The Balaban J connectivity index is 1.53. The van der Waals surface area contributed by atoms with Crippen LogP contribution in [-0.2, 0) is 16.1 Å². The summed E-state index contributed by atoms with van der Waals surface area (Å²) in [7, 11) is 3.86. The fourth-order valence-corrected chi connectivity index (χ4v) is 3.82. The lowest BCUT2D eigenvalue weighted by atomic mass is 10.1. The summed E-state index contributed by atoms with van der Waals surface area (Å²) in [5, 5.41) is 7.18. The van der Waals surface area contributed by atoms with Crippen LogP contribution in [0, 0.1) is 0 Å². The number of nitrogens with one attached hydrogen (secondary N) is 1. The van der Waals surface area contributed by atoms with E-state index < -0.39 is 6.03 Å². The van der Waals surface area contributed by atoms with Crippen LogP contribution in [0.3, 0.4) is 0 Å². The molecule has 0 spiro atoms. The van der Waals surface area contributed by atoms with E-state index in [-0.39, 0.29) is 12.3 Å². The van der Waals surface area contributed by atoms with Crippen molar-refractivity contribution in [3.05, 3.63) is 23.8 Å². The smallest absolute Gasteiger partial charge is 0.329 e. The summed E-state index contributed by atoms with van der Waals surface area (Å²) < 4.78 is 10.7. The summed E-state index contributed by atoms with van der Waals surface area (Å²) in [6.07, 6.45) is 0.252. The van der Waals surface area contributed by atoms with Gasteiger partial charge in [-0.1, -0.05) is 11.2 Å². The number of benzene rings is 1. The van der Waals surface area contributed by atoms with E-state index in [0.717, 1.165) is 37.1 Å². The van der Waals surface area contributed by atoms with Gasteiger partial charge in [0, 0.05) is 52.3 Å². The second-order valence-corrected chi connectivity index (χ2v) is 7.42. The molecule has 3 heterocycles. The Kier molecular flexibility index (Phi) is 5.29. The average Bonchev–Trinajstić information content (AvgIpc) is 3.08. The van der Waals surface area contributed by atoms with Gasteiger partial charge in [0.2, 0.25) is 5.91 Å². The highest BCUT2D eigenvalue weighted by Crippen LogP contribution is 2.29. The molecule has 150 valence electrons. The van der Waals surface area contributed by atoms with Gasteiger partial charge in [-0.25, -0.2) is 4.79 Å². The van der Waals surface area contributed by atoms with Gasteiger partial charge in [-0.3, -0.25) is 24.8 Å². The molecule has 2 aliphatic heterocycles. The van der Waals surface area contributed by atoms with Gasteiger partial charge < -0.3 is 9.26 Å². The van der Waals surface area contributed by atoms with Gasteiger partial charge in [-0.2, -0.15) is 0 Å². The molecule has 0 saturated carbocycles. The van der Waals surface area contributed by atoms with Crippen LogP contribution in [-0.4, -0.2) is 79.9 Å². The number of methoxy groups -OCH3 is 1. The Morgan fingerprint density at radius 2 is 2.14 bits per heavy atom. The Bertz CT molecular complexity index is 882. The zero-order chi connectivity index (χ0) is 19.7. The first-order valence-electron chi connectivity index (χ1n) is 9.46. The van der Waals surface area contributed by atoms with Gasteiger partial charge in [-0.05, 0) is 24.7 Å². The number of anilines is 1. The molecular formula is C19H25N5O4. The first-order chi connectivity index (χ1) is 13.5. The van der Waals surface area contributed by atoms with Crippen LogP contribution >= 0.6 is 0 Å². The maximum atomic E-state index is 12.2. The van der Waals surface area contributed by atoms with Crippen LogP contribution < -0.4 is 10.2 Å². The van der Waals surface area contributed by atoms with Crippen LogP contribution in [0.15, 0.2) is 22.7 Å². The third-order valence-corrected chi connectivity index (χ3v) is 5.45. The second kappa shape index (κ2) is 7.86. The number of nitrogens with zero attached hydrogens (tertiary/aromatic N) is 4. The summed E-state index contributed by atoms with van der Waals surface area (Å²) in [4.78, 5) is 29.8. The Morgan fingerprint density at radius 1 is 1.29 bits per heavy atom. The topological polar surface area (TPSA) is 91.1 Å². The van der Waals surface area contributed by atoms with Crippen molar-refractivity contribution < 1.29 is 18.8 Å². The first-order valence-corrected chi connectivity index (χ1v) is 9.46. The molecule has 3 amide bonds. The van der Waals surface area contributed by atoms with Crippen molar-refractivity contribution in [3.63, 3.8) is 0 Å². The van der Waals surface area contributed by atoms with Crippen LogP contribution in [0.4, 0.5) is 10.6 Å². The number of hydrogen-bond acceptors (Lipinski definition) is 7. The maximum Gasteiger partial charge on any atom is 0.329 e. The number of piperazine rings is 1. The van der Waals surface area contributed by atoms with E-state index in [1.54, 1.807) is 7.11 Å². The van der Waals surface area contributed by atoms with Gasteiger partial charge in [0.25, 0.3) is 0 Å². The third kappa shape index (κ3) is 3.73. The van der Waals surface area contributed by atoms with Crippen molar-refractivity contribution in [1.82, 2.24) is 20.3 Å². The van der Waals surface area contributed by atoms with E-state index in [1.807, 2.05) is 18.2 Å². The molecule has 9 heteroatoms. The number of rotatable bonds is 5. The minimum absolute atomic E-state index is 0.252. The maximum absolute atomic E-state index is 12.2. The van der Waals surface area contributed by atoms with E-state index in [1.165, 1.54) is 4.90 Å². The number of carbonyl (C=O) groups is 2. The highest BCUT2D eigenvalue weighted by Gasteiger charge is 2.29. The highest BCUT2D eigenvalue weighted by molar-refractivity contribution is 6.08. The second-order valence-electron chi connectivity index (χ2n) is 7.42. The van der Waals surface area contributed by atoms with Gasteiger partial charge >= 0.3 is 6.03 Å². The van der Waals surface area contributed by atoms with Crippen LogP contribution in [0.25, 0.3) is 11.0 Å². The highest BCUT2D eigenvalue weighted by atomic mass is 16.5. The fourth-order valence-electron chi connectivity index (χ4n) is 3.82. The van der Waals surface area contributed by atoms with Crippen molar-refractivity contribution in [1.29, 1.82) is 0 Å². The van der Waals surface area contributed by atoms with E-state index in [0.29, 0.717) is 30.6 Å². The number of ether oxygens (including phenoxy) is 1. The number of amides is 3. The Morgan fingerprint density at radius 3 is 2.93 bits per heavy atom. The van der Waals surface area contributed by atoms with Crippen molar-refractivity contribution in [2.45, 2.75) is 19.0 Å². The minimum Gasteiger partial charge on any atom is -0.383 e. The molecule has 2 aliphatic rings. The molecular weight excluding hydrogens is 362 g/mol. The molecule has 0 bridgehead atoms. The minimum atomic E-state index is -0.460. The lowest BCUT2D eigenvalue weighted by molar-refractivity contribution is -0.120. The van der Waals surface area contributed by atoms with Crippen molar-refractivity contribution >= 4 is 28.7 Å². The molecule has 0 unspecified atom stereocenters. The van der Waals surface area contributed by atoms with E-state index in [4.69, 9.17) is 9.26 Å². The standard InChI is InChI=1S/C19H25N5O4/c1-22-7-8-23(11-14(22)12-27-2)10-13-3-4-16-15(9-13)18(21-28-16)24-6-5-17(25)20-19(24)26/h3-4,9,14H,5-8,10-12H2,1-2H3,(H,20,25,26)/t14-/m1/s1. The number of aromatic nitrogens is 1. The van der Waals surface area contributed by atoms with Crippen molar-refractivity contribution in [2.24, 2.45) is 0 Å². The summed E-state index contributed by atoms with van der Waals surface area (Å²) in [5.41, 5.74) is 1.75. The van der Waals surface area contributed by atoms with Crippen molar-refractivity contribution in [2.75, 3.05) is 51.8 Å². The lowest BCUT2D eigenvalue weighted by Gasteiger charge is -2.39. The zero-order valence-electron chi connectivity index (χ0n) is 16.2. The molecule has 2 saturated heterocycles. The monoisotopic (exact) mass is 387 g/mol. The Hall–Kier alpha value is -2.49. The van der Waals surface area contributed by atoms with E-state index in [9.17, 15) is 9.59 Å². The molecule has 1 aromatic heterocycles. The molecule has 0 radical (unpaired) electrons. The number of likely N-dealkylation sites (N-methyl/N-ethyl adjacent to an activating group) is 1. The third-order valence-electron chi connectivity index (χ3n) is 5.45. The number of fused-ring (bicyclic) bond motifs is 1. The predicted molar refractivity (Wildman–Crippen MR) is 103 cm³/mol. The SMILES string of the molecule is COC[C@H]1CN(Cc2ccc3onc(N4CCC(=O)NC4=O)c3c2)CCN1C. The quantitative estimate of drug-likeness (QED) is 0.820. The number of imide groups is 1. The summed E-state index contributed by atoms with van der Waals surface area (Å²) >= 11 is 0. The van der Waals surface area contributed by atoms with Gasteiger partial charge in [0.15, 0.2) is 11.4 Å². The Labute approximate surface area is 163 Å². The molecule has 0 aliphatic carbocycles. The van der Waals surface area contributed by atoms with Crippen LogP contribution in [0.2, 0.25) is 0 Å². The predicted octanol–water partition coefficient (Wildman–Crippen LogP) is 1.04. The first kappa shape index (κ1) is 18.9. The van der Waals surface area contributed by atoms with E-state index in [2.05, 4.69) is 27.3 Å². The van der Waals surface area contributed by atoms with Crippen molar-refractivity contribution in [3.8, 4) is 0 Å². The van der Waals surface area contributed by atoms with E-state index >= 15 is 0 Å². The van der Waals surface area contributed by atoms with Gasteiger partial charge in [0.05, 0.1) is 12.0 Å². The fraction of sp³-hybridized carbons (Fsp3) is 0.526. The molecule has 1 atom stereocenters. The van der Waals surface area contributed by atoms with Crippen LogP contribution in [0.5, 0.6) is 0 Å². The molecule has 2 fully saturated rings. The number of hydrogen-bond donors (Lipinski definition) is 1. The number of urea groups is 1. The van der Waals surface area contributed by atoms with Gasteiger partial charge in [-0.15, -0.1) is 0 Å². The normalized spacial score (nSPS) is 22.1. The molecule has 1 aromatic carbocycles. The zero-order valence-corrected chi connectivity index (χ0v) is 16.2. The van der Waals surface area contributed by atoms with Gasteiger partial charge in [0.1, 0.15) is 0 Å². The molecule has 1 N–H and O–H groups in total. The summed E-state index contributed by atoms with van der Waals surface area (Å²) in [5.74, 6) is 0.188. The molecule has 9 nitrogen and oxygen atoms in total. The van der Waals surface area contributed by atoms with Crippen LogP contribution in [0.1, 0.15) is 12.0 Å². The molecule has 2 aromatic rings. The molecule has 4 rings (SSSR count). The average molecular weight is 387 g/mol. The largest absolute Gasteiger partial charge is 0.383 e. The molecule has 28 heavy (non-hydrogen) atoms. The summed E-state index contributed by atoms with van der Waals surface area (Å²) in [6, 6.07) is 5.85. The number of carbonyl (C=O) groups excluding carboxylic acids is 2.